The first-order valence-corrected chi connectivity index (χ1v) is 10.6. The van der Waals surface area contributed by atoms with Crippen LogP contribution in [0.4, 0.5) is 11.5 Å². The van der Waals surface area contributed by atoms with Crippen molar-refractivity contribution in [3.8, 4) is 5.75 Å². The molecule has 8 nitrogen and oxygen atoms in total. The molecule has 1 fully saturated rings. The summed E-state index contributed by atoms with van der Waals surface area (Å²) in [5.41, 5.74) is 6.22. The van der Waals surface area contributed by atoms with E-state index in [-0.39, 0.29) is 30.1 Å². The van der Waals surface area contributed by atoms with E-state index in [1.54, 1.807) is 12.1 Å². The number of aromatic nitrogens is 2. The number of benzene rings is 1. The normalized spacial score (nSPS) is 14.1. The van der Waals surface area contributed by atoms with Crippen LogP contribution in [0.15, 0.2) is 33.9 Å². The van der Waals surface area contributed by atoms with Gasteiger partial charge in [-0.15, -0.1) is 0 Å². The summed E-state index contributed by atoms with van der Waals surface area (Å²) in [6.45, 7) is 4.15. The number of hydrogen-bond acceptors (Lipinski definition) is 5. The zero-order chi connectivity index (χ0) is 21.7. The number of ether oxygens (including phenoxy) is 1. The molecule has 30 heavy (non-hydrogen) atoms. The van der Waals surface area contributed by atoms with Crippen molar-refractivity contribution in [2.45, 2.75) is 65.0 Å². The number of unbranched alkanes of at least 4 members (excludes halogenated alkanes) is 1. The summed E-state index contributed by atoms with van der Waals surface area (Å²) in [5, 5.41) is 0. The number of carbonyl (C=O) groups excluding carboxylic acids is 1. The van der Waals surface area contributed by atoms with Crippen LogP contribution >= 0.6 is 0 Å². The van der Waals surface area contributed by atoms with Crippen LogP contribution in [0.3, 0.4) is 0 Å². The average molecular weight is 415 g/mol. The van der Waals surface area contributed by atoms with Crippen molar-refractivity contribution in [3.63, 3.8) is 0 Å². The fraction of sp³-hybridized carbons (Fsp3) is 0.500. The lowest BCUT2D eigenvalue weighted by molar-refractivity contribution is -0.121. The highest BCUT2D eigenvalue weighted by molar-refractivity contribution is 5.97. The summed E-state index contributed by atoms with van der Waals surface area (Å²) >= 11 is 0. The molecule has 0 atom stereocenters. The molecule has 162 valence electrons. The van der Waals surface area contributed by atoms with Gasteiger partial charge < -0.3 is 10.5 Å². The highest BCUT2D eigenvalue weighted by Gasteiger charge is 2.32. The Bertz CT molecular complexity index is 988. The van der Waals surface area contributed by atoms with E-state index in [1.165, 1.54) is 9.47 Å². The zero-order valence-electron chi connectivity index (χ0n) is 17.6. The molecule has 3 N–H and O–H groups in total. The van der Waals surface area contributed by atoms with Crippen LogP contribution in [0, 0.1) is 6.92 Å². The van der Waals surface area contributed by atoms with Crippen molar-refractivity contribution < 1.29 is 9.53 Å². The van der Waals surface area contributed by atoms with Gasteiger partial charge in [0, 0.05) is 12.6 Å². The van der Waals surface area contributed by atoms with Crippen molar-refractivity contribution in [1.82, 2.24) is 9.55 Å². The Morgan fingerprint density at radius 2 is 1.90 bits per heavy atom. The zero-order valence-corrected chi connectivity index (χ0v) is 17.6. The van der Waals surface area contributed by atoms with Gasteiger partial charge >= 0.3 is 5.69 Å². The number of aromatic amines is 1. The maximum Gasteiger partial charge on any atom is 0.330 e. The lowest BCUT2D eigenvalue weighted by atomic mass is 10.2. The van der Waals surface area contributed by atoms with Crippen LogP contribution in [0.2, 0.25) is 0 Å². The van der Waals surface area contributed by atoms with Crippen LogP contribution < -0.4 is 26.6 Å². The lowest BCUT2D eigenvalue weighted by Crippen LogP contribution is -2.47. The van der Waals surface area contributed by atoms with E-state index in [1.807, 2.05) is 26.0 Å². The third-order valence-electron chi connectivity index (χ3n) is 5.53. The predicted octanol–water partition coefficient (Wildman–Crippen LogP) is 2.58. The van der Waals surface area contributed by atoms with E-state index in [4.69, 9.17) is 10.5 Å². The minimum atomic E-state index is -0.638. The first kappa shape index (κ1) is 21.7. The van der Waals surface area contributed by atoms with Gasteiger partial charge in [-0.25, -0.2) is 4.79 Å². The number of aryl methyl sites for hydroxylation is 1. The molecule has 0 bridgehead atoms. The standard InChI is InChI=1S/C22H30N4O4/c1-3-4-13-25-20(23)19(21(28)24-22(25)29)26(16-7-5-6-8-16)18(27)14-30-17-11-9-15(2)10-12-17/h9-12,16H,3-8,13-14,23H2,1-2H3,(H,24,28,29). The number of anilines is 2. The van der Waals surface area contributed by atoms with Crippen molar-refractivity contribution in [2.24, 2.45) is 0 Å². The molecule has 1 aliphatic rings. The van der Waals surface area contributed by atoms with Gasteiger partial charge in [-0.05, 0) is 38.3 Å². The summed E-state index contributed by atoms with van der Waals surface area (Å²) in [4.78, 5) is 42.0. The third kappa shape index (κ3) is 4.75. The summed E-state index contributed by atoms with van der Waals surface area (Å²) < 4.78 is 7.01. The quantitative estimate of drug-likeness (QED) is 0.690. The van der Waals surface area contributed by atoms with Crippen LogP contribution in [-0.4, -0.2) is 28.1 Å². The molecule has 0 radical (unpaired) electrons. The Morgan fingerprint density at radius 1 is 1.23 bits per heavy atom. The molecule has 0 spiro atoms. The van der Waals surface area contributed by atoms with Gasteiger partial charge in [-0.3, -0.25) is 24.0 Å². The number of amides is 1. The molecule has 2 aromatic rings. The Labute approximate surface area is 175 Å². The SMILES string of the molecule is CCCCn1c(N)c(N(C(=O)COc2ccc(C)cc2)C2CCCC2)c(=O)[nH]c1=O. The minimum absolute atomic E-state index is 0.0350. The van der Waals surface area contributed by atoms with Crippen LogP contribution in [0.5, 0.6) is 5.75 Å². The van der Waals surface area contributed by atoms with Gasteiger partial charge in [0.2, 0.25) is 0 Å². The van der Waals surface area contributed by atoms with Crippen molar-refractivity contribution in [3.05, 3.63) is 50.7 Å². The van der Waals surface area contributed by atoms with E-state index in [0.29, 0.717) is 12.3 Å². The highest BCUT2D eigenvalue weighted by Crippen LogP contribution is 2.29. The third-order valence-corrected chi connectivity index (χ3v) is 5.53. The summed E-state index contributed by atoms with van der Waals surface area (Å²) in [7, 11) is 0. The number of H-pyrrole nitrogens is 1. The number of hydrogen-bond donors (Lipinski definition) is 2. The summed E-state index contributed by atoms with van der Waals surface area (Å²) in [6.07, 6.45) is 5.12. The van der Waals surface area contributed by atoms with Gasteiger partial charge in [-0.2, -0.15) is 0 Å². The van der Waals surface area contributed by atoms with Crippen molar-refractivity contribution in [2.75, 3.05) is 17.2 Å². The van der Waals surface area contributed by atoms with Gasteiger partial charge in [0.15, 0.2) is 12.3 Å². The van der Waals surface area contributed by atoms with Crippen LogP contribution in [0.25, 0.3) is 0 Å². The highest BCUT2D eigenvalue weighted by atomic mass is 16.5. The van der Waals surface area contributed by atoms with Gasteiger partial charge in [-0.1, -0.05) is 43.9 Å². The smallest absolute Gasteiger partial charge is 0.330 e. The minimum Gasteiger partial charge on any atom is -0.484 e. The van der Waals surface area contributed by atoms with E-state index in [0.717, 1.165) is 44.1 Å². The molecular weight excluding hydrogens is 384 g/mol. The largest absolute Gasteiger partial charge is 0.484 e. The molecule has 1 amide bonds. The Balaban J connectivity index is 1.93. The van der Waals surface area contributed by atoms with Crippen LogP contribution in [-0.2, 0) is 11.3 Å². The Hall–Kier alpha value is -3.03. The average Bonchev–Trinajstić information content (AvgIpc) is 3.24. The molecule has 0 unspecified atom stereocenters. The number of nitrogens with zero attached hydrogens (tertiary/aromatic N) is 2. The van der Waals surface area contributed by atoms with Crippen molar-refractivity contribution in [1.29, 1.82) is 0 Å². The fourth-order valence-corrected chi connectivity index (χ4v) is 3.87. The Morgan fingerprint density at radius 3 is 2.53 bits per heavy atom. The second kappa shape index (κ2) is 9.65. The second-order valence-electron chi connectivity index (χ2n) is 7.80. The molecule has 0 saturated heterocycles. The first-order chi connectivity index (χ1) is 14.4. The topological polar surface area (TPSA) is 110 Å². The summed E-state index contributed by atoms with van der Waals surface area (Å²) in [6, 6.07) is 7.27. The van der Waals surface area contributed by atoms with Gasteiger partial charge in [0.05, 0.1) is 0 Å². The molecule has 8 heteroatoms. The number of nitrogens with two attached hydrogens (primary N) is 1. The molecule has 1 aromatic carbocycles. The number of nitrogens with one attached hydrogen (secondary N) is 1. The van der Waals surface area contributed by atoms with E-state index in [9.17, 15) is 14.4 Å². The maximum atomic E-state index is 13.2. The monoisotopic (exact) mass is 414 g/mol. The van der Waals surface area contributed by atoms with Gasteiger partial charge in [0.25, 0.3) is 11.5 Å². The predicted molar refractivity (Wildman–Crippen MR) is 117 cm³/mol. The summed E-state index contributed by atoms with van der Waals surface area (Å²) in [5.74, 6) is 0.267. The first-order valence-electron chi connectivity index (χ1n) is 10.6. The Kier molecular flexibility index (Phi) is 6.97. The van der Waals surface area contributed by atoms with E-state index >= 15 is 0 Å². The van der Waals surface area contributed by atoms with Crippen LogP contribution in [0.1, 0.15) is 51.0 Å². The molecule has 1 aromatic heterocycles. The molecular formula is C22H30N4O4. The molecule has 3 rings (SSSR count). The molecule has 1 saturated carbocycles. The lowest BCUT2D eigenvalue weighted by Gasteiger charge is -2.29. The number of rotatable bonds is 8. The molecule has 1 aliphatic carbocycles. The van der Waals surface area contributed by atoms with E-state index in [2.05, 4.69) is 4.98 Å². The van der Waals surface area contributed by atoms with Gasteiger partial charge in [0.1, 0.15) is 11.6 Å². The fourth-order valence-electron chi connectivity index (χ4n) is 3.87. The number of carbonyl (C=O) groups is 1. The maximum absolute atomic E-state index is 13.2. The molecule has 0 aliphatic heterocycles. The van der Waals surface area contributed by atoms with E-state index < -0.39 is 11.2 Å². The number of nitrogen functional groups attached to an aromatic ring is 1. The molecule has 1 heterocycles. The second-order valence-corrected chi connectivity index (χ2v) is 7.80. The van der Waals surface area contributed by atoms with Crippen molar-refractivity contribution >= 4 is 17.4 Å².